The number of carbonyl (C=O) groups is 1. The molecule has 0 aliphatic rings. The van der Waals surface area contributed by atoms with Gasteiger partial charge in [0.1, 0.15) is 0 Å². The van der Waals surface area contributed by atoms with Gasteiger partial charge in [0.15, 0.2) is 0 Å². The Bertz CT molecular complexity index is 956. The zero-order valence-corrected chi connectivity index (χ0v) is 15.8. The molecule has 0 aliphatic carbocycles. The van der Waals surface area contributed by atoms with E-state index in [4.69, 9.17) is 23.2 Å². The predicted molar refractivity (Wildman–Crippen MR) is 107 cm³/mol. The fourth-order valence-electron chi connectivity index (χ4n) is 2.68. The second-order valence-electron chi connectivity index (χ2n) is 5.87. The van der Waals surface area contributed by atoms with Crippen LogP contribution in [0.15, 0.2) is 59.7 Å². The molecule has 0 spiro atoms. The minimum absolute atomic E-state index is 0.367. The van der Waals surface area contributed by atoms with Gasteiger partial charge in [-0.3, -0.25) is 4.79 Å². The lowest BCUT2D eigenvalue weighted by Gasteiger charge is -2.11. The number of aromatic nitrogens is 1. The minimum Gasteiger partial charge on any atom is -0.318 e. The molecule has 0 saturated carbocycles. The maximum atomic E-state index is 12.3. The molecule has 0 atom stereocenters. The van der Waals surface area contributed by atoms with Crippen molar-refractivity contribution in [1.29, 1.82) is 0 Å². The second kappa shape index (κ2) is 7.77. The first kappa shape index (κ1) is 18.2. The highest BCUT2D eigenvalue weighted by molar-refractivity contribution is 6.34. The largest absolute Gasteiger partial charge is 0.318 e. The number of nitrogens with one attached hydrogen (secondary N) is 1. The average Bonchev–Trinajstić information content (AvgIpc) is 2.95. The van der Waals surface area contributed by atoms with Crippen molar-refractivity contribution in [3.8, 4) is 5.69 Å². The lowest BCUT2D eigenvalue weighted by atomic mass is 10.2. The zero-order valence-electron chi connectivity index (χ0n) is 14.3. The van der Waals surface area contributed by atoms with E-state index in [0.717, 1.165) is 22.6 Å². The molecule has 26 heavy (non-hydrogen) atoms. The third kappa shape index (κ3) is 3.98. The maximum Gasteiger partial charge on any atom is 0.272 e. The van der Waals surface area contributed by atoms with Gasteiger partial charge in [-0.2, -0.15) is 5.10 Å². The van der Waals surface area contributed by atoms with Crippen molar-refractivity contribution in [2.75, 3.05) is 0 Å². The molecule has 1 N–H and O–H groups in total. The van der Waals surface area contributed by atoms with Gasteiger partial charge in [-0.05, 0) is 61.9 Å². The van der Waals surface area contributed by atoms with Crippen LogP contribution in [0.2, 0.25) is 10.0 Å². The number of hydrazone groups is 1. The smallest absolute Gasteiger partial charge is 0.272 e. The fraction of sp³-hybridized carbons (Fsp3) is 0.100. The van der Waals surface area contributed by atoms with E-state index in [1.54, 1.807) is 30.5 Å². The van der Waals surface area contributed by atoms with E-state index >= 15 is 0 Å². The van der Waals surface area contributed by atoms with E-state index in [2.05, 4.69) is 15.1 Å². The standard InChI is InChI=1S/C20H17Cl2N3O/c1-13-3-4-14(2)25(13)17-9-10-18(19(22)11-17)20(26)24-23-12-15-5-7-16(21)8-6-15/h3-12H,1-2H3,(H,24,26)/b23-12-. The van der Waals surface area contributed by atoms with Crippen LogP contribution in [0, 0.1) is 13.8 Å². The predicted octanol–water partition coefficient (Wildman–Crippen LogP) is 5.16. The molecule has 3 aromatic rings. The molecule has 0 aliphatic heterocycles. The van der Waals surface area contributed by atoms with Crippen LogP contribution in [-0.2, 0) is 0 Å². The molecule has 6 heteroatoms. The van der Waals surface area contributed by atoms with Crippen molar-refractivity contribution in [2.45, 2.75) is 13.8 Å². The Morgan fingerprint density at radius 2 is 1.65 bits per heavy atom. The lowest BCUT2D eigenvalue weighted by Crippen LogP contribution is -2.18. The van der Waals surface area contributed by atoms with Gasteiger partial charge in [-0.25, -0.2) is 5.43 Å². The Hall–Kier alpha value is -2.56. The molecule has 0 radical (unpaired) electrons. The Morgan fingerprint density at radius 3 is 2.27 bits per heavy atom. The Labute approximate surface area is 162 Å². The van der Waals surface area contributed by atoms with Crippen LogP contribution in [0.1, 0.15) is 27.3 Å². The summed E-state index contributed by atoms with van der Waals surface area (Å²) in [6, 6.07) is 16.5. The number of carbonyl (C=O) groups excluding carboxylic acids is 1. The zero-order chi connectivity index (χ0) is 18.7. The molecule has 0 unspecified atom stereocenters. The highest BCUT2D eigenvalue weighted by Gasteiger charge is 2.12. The van der Waals surface area contributed by atoms with E-state index in [0.29, 0.717) is 15.6 Å². The highest BCUT2D eigenvalue weighted by atomic mass is 35.5. The van der Waals surface area contributed by atoms with E-state index in [1.807, 2.05) is 44.2 Å². The van der Waals surface area contributed by atoms with Crippen LogP contribution in [-0.4, -0.2) is 16.7 Å². The average molecular weight is 386 g/mol. The number of amides is 1. The van der Waals surface area contributed by atoms with E-state index in [-0.39, 0.29) is 5.91 Å². The van der Waals surface area contributed by atoms with Gasteiger partial charge in [0.05, 0.1) is 16.8 Å². The Kier molecular flexibility index (Phi) is 5.45. The maximum absolute atomic E-state index is 12.3. The number of aryl methyl sites for hydroxylation is 2. The third-order valence-corrected chi connectivity index (χ3v) is 4.54. The highest BCUT2D eigenvalue weighted by Crippen LogP contribution is 2.23. The molecule has 1 heterocycles. The van der Waals surface area contributed by atoms with Crippen molar-refractivity contribution < 1.29 is 4.79 Å². The lowest BCUT2D eigenvalue weighted by molar-refractivity contribution is 0.0955. The molecule has 1 amide bonds. The molecule has 0 bridgehead atoms. The molecule has 0 fully saturated rings. The van der Waals surface area contributed by atoms with Gasteiger partial charge in [0.2, 0.25) is 0 Å². The Morgan fingerprint density at radius 1 is 1.00 bits per heavy atom. The van der Waals surface area contributed by atoms with Gasteiger partial charge >= 0.3 is 0 Å². The summed E-state index contributed by atoms with van der Waals surface area (Å²) in [7, 11) is 0. The summed E-state index contributed by atoms with van der Waals surface area (Å²) in [5.41, 5.74) is 6.80. The SMILES string of the molecule is Cc1ccc(C)n1-c1ccc(C(=O)N/N=C\c2ccc(Cl)cc2)c(Cl)c1. The first-order chi connectivity index (χ1) is 12.5. The summed E-state index contributed by atoms with van der Waals surface area (Å²) in [5, 5.41) is 4.97. The first-order valence-corrected chi connectivity index (χ1v) is 8.75. The summed E-state index contributed by atoms with van der Waals surface area (Å²) < 4.78 is 2.08. The molecule has 2 aromatic carbocycles. The van der Waals surface area contributed by atoms with Crippen LogP contribution in [0.25, 0.3) is 5.69 Å². The molecule has 4 nitrogen and oxygen atoms in total. The summed E-state index contributed by atoms with van der Waals surface area (Å²) >= 11 is 12.2. The summed E-state index contributed by atoms with van der Waals surface area (Å²) in [6.45, 7) is 4.04. The molecular weight excluding hydrogens is 369 g/mol. The first-order valence-electron chi connectivity index (χ1n) is 7.99. The number of nitrogens with zero attached hydrogens (tertiary/aromatic N) is 2. The van der Waals surface area contributed by atoms with Gasteiger partial charge in [-0.1, -0.05) is 35.3 Å². The fourth-order valence-corrected chi connectivity index (χ4v) is 3.06. The number of halogens is 2. The van der Waals surface area contributed by atoms with Crippen molar-refractivity contribution in [3.05, 3.63) is 87.2 Å². The quantitative estimate of drug-likeness (QED) is 0.488. The molecule has 3 rings (SSSR count). The van der Waals surface area contributed by atoms with Gasteiger partial charge in [0, 0.05) is 22.1 Å². The number of hydrogen-bond donors (Lipinski definition) is 1. The molecule has 1 aromatic heterocycles. The van der Waals surface area contributed by atoms with E-state index in [9.17, 15) is 4.79 Å². The van der Waals surface area contributed by atoms with Crippen LogP contribution in [0.4, 0.5) is 0 Å². The van der Waals surface area contributed by atoms with Gasteiger partial charge < -0.3 is 4.57 Å². The van der Waals surface area contributed by atoms with Gasteiger partial charge in [0.25, 0.3) is 5.91 Å². The van der Waals surface area contributed by atoms with E-state index in [1.165, 1.54) is 0 Å². The molecule has 132 valence electrons. The number of rotatable bonds is 4. The summed E-state index contributed by atoms with van der Waals surface area (Å²) in [6.07, 6.45) is 1.54. The minimum atomic E-state index is -0.368. The number of benzene rings is 2. The van der Waals surface area contributed by atoms with Crippen molar-refractivity contribution in [1.82, 2.24) is 9.99 Å². The van der Waals surface area contributed by atoms with Crippen molar-refractivity contribution in [2.24, 2.45) is 5.10 Å². The van der Waals surface area contributed by atoms with Crippen molar-refractivity contribution in [3.63, 3.8) is 0 Å². The topological polar surface area (TPSA) is 46.4 Å². The number of hydrogen-bond acceptors (Lipinski definition) is 2. The summed E-state index contributed by atoms with van der Waals surface area (Å²) in [4.78, 5) is 12.3. The van der Waals surface area contributed by atoms with Crippen LogP contribution in [0.5, 0.6) is 0 Å². The Balaban J connectivity index is 1.75. The van der Waals surface area contributed by atoms with Crippen LogP contribution < -0.4 is 5.43 Å². The van der Waals surface area contributed by atoms with Crippen LogP contribution in [0.3, 0.4) is 0 Å². The van der Waals surface area contributed by atoms with Gasteiger partial charge in [-0.15, -0.1) is 0 Å². The van der Waals surface area contributed by atoms with Crippen LogP contribution >= 0.6 is 23.2 Å². The molecule has 0 saturated heterocycles. The van der Waals surface area contributed by atoms with E-state index < -0.39 is 0 Å². The normalized spacial score (nSPS) is 11.1. The molecular formula is C20H17Cl2N3O. The second-order valence-corrected chi connectivity index (χ2v) is 6.71. The monoisotopic (exact) mass is 385 g/mol. The third-order valence-electron chi connectivity index (χ3n) is 3.98. The van der Waals surface area contributed by atoms with Crippen molar-refractivity contribution >= 4 is 35.3 Å². The summed E-state index contributed by atoms with van der Waals surface area (Å²) in [5.74, 6) is -0.368.